The number of phenols is 1. The first-order chi connectivity index (χ1) is 12.3. The summed E-state index contributed by atoms with van der Waals surface area (Å²) < 4.78 is 5.53. The molecule has 0 spiro atoms. The fourth-order valence-electron chi connectivity index (χ4n) is 3.37. The van der Waals surface area contributed by atoms with Crippen LogP contribution in [0.4, 0.5) is 5.69 Å². The molecule has 2 aromatic rings. The highest BCUT2D eigenvalue weighted by Gasteiger charge is 2.41. The summed E-state index contributed by atoms with van der Waals surface area (Å²) in [5.74, 6) is 1.30. The number of thioether (sulfide) groups is 1. The van der Waals surface area contributed by atoms with E-state index in [0.717, 1.165) is 28.1 Å². The standard InChI is InChI=1S/C21H25NO3S/c1-12(2)16-11-17(13(3)10-18(16)23)22-20(24)14(4)26-21(22)15-8-6-7-9-19(15)25-5/h6-12,14,21,23H,1-5H3. The van der Waals surface area contributed by atoms with Crippen molar-refractivity contribution >= 4 is 23.4 Å². The molecule has 1 aliphatic rings. The van der Waals surface area contributed by atoms with Crippen LogP contribution in [0, 0.1) is 6.92 Å². The number of rotatable bonds is 4. The number of carbonyl (C=O) groups excluding carboxylic acids is 1. The maximum absolute atomic E-state index is 13.0. The smallest absolute Gasteiger partial charge is 0.241 e. The van der Waals surface area contributed by atoms with Crippen LogP contribution in [0.15, 0.2) is 36.4 Å². The van der Waals surface area contributed by atoms with Crippen molar-refractivity contribution in [2.45, 2.75) is 44.2 Å². The highest BCUT2D eigenvalue weighted by molar-refractivity contribution is 8.01. The van der Waals surface area contributed by atoms with Crippen molar-refractivity contribution in [3.8, 4) is 11.5 Å². The third-order valence-electron chi connectivity index (χ3n) is 4.78. The van der Waals surface area contributed by atoms with Gasteiger partial charge in [-0.05, 0) is 49.1 Å². The van der Waals surface area contributed by atoms with Gasteiger partial charge in [0.2, 0.25) is 5.91 Å². The SMILES string of the molecule is COc1ccccc1C1SC(C)C(=O)N1c1cc(C(C)C)c(O)cc1C. The van der Waals surface area contributed by atoms with Gasteiger partial charge in [-0.15, -0.1) is 11.8 Å². The lowest BCUT2D eigenvalue weighted by Crippen LogP contribution is -2.31. The van der Waals surface area contributed by atoms with E-state index in [1.807, 2.05) is 62.9 Å². The highest BCUT2D eigenvalue weighted by atomic mass is 32.2. The Kier molecular flexibility index (Phi) is 5.19. The van der Waals surface area contributed by atoms with E-state index in [1.165, 1.54) is 0 Å². The van der Waals surface area contributed by atoms with Gasteiger partial charge in [0, 0.05) is 11.3 Å². The molecule has 0 bridgehead atoms. The lowest BCUT2D eigenvalue weighted by molar-refractivity contribution is -0.117. The van der Waals surface area contributed by atoms with Gasteiger partial charge in [0.25, 0.3) is 0 Å². The average Bonchev–Trinajstić information content (AvgIpc) is 2.90. The van der Waals surface area contributed by atoms with Gasteiger partial charge >= 0.3 is 0 Å². The molecule has 26 heavy (non-hydrogen) atoms. The summed E-state index contributed by atoms with van der Waals surface area (Å²) in [6.45, 7) is 7.94. The van der Waals surface area contributed by atoms with Crippen molar-refractivity contribution in [2.24, 2.45) is 0 Å². The maximum Gasteiger partial charge on any atom is 0.241 e. The summed E-state index contributed by atoms with van der Waals surface area (Å²) >= 11 is 1.62. The van der Waals surface area contributed by atoms with Crippen molar-refractivity contribution in [3.05, 3.63) is 53.1 Å². The summed E-state index contributed by atoms with van der Waals surface area (Å²) in [5.41, 5.74) is 3.57. The second-order valence-corrected chi connectivity index (χ2v) is 8.36. The number of para-hydroxylation sites is 1. The number of ether oxygens (including phenoxy) is 1. The van der Waals surface area contributed by atoms with E-state index in [9.17, 15) is 9.90 Å². The van der Waals surface area contributed by atoms with Crippen molar-refractivity contribution in [1.82, 2.24) is 0 Å². The number of aromatic hydroxyl groups is 1. The van der Waals surface area contributed by atoms with Crippen molar-refractivity contribution < 1.29 is 14.6 Å². The molecule has 2 atom stereocenters. The number of benzene rings is 2. The van der Waals surface area contributed by atoms with E-state index >= 15 is 0 Å². The molecule has 1 saturated heterocycles. The molecule has 0 saturated carbocycles. The first-order valence-corrected chi connectivity index (χ1v) is 9.74. The van der Waals surface area contributed by atoms with Gasteiger partial charge in [-0.3, -0.25) is 9.69 Å². The highest BCUT2D eigenvalue weighted by Crippen LogP contribution is 2.49. The van der Waals surface area contributed by atoms with Gasteiger partial charge in [0.05, 0.1) is 12.4 Å². The van der Waals surface area contributed by atoms with E-state index in [1.54, 1.807) is 24.9 Å². The third kappa shape index (κ3) is 3.16. The van der Waals surface area contributed by atoms with Crippen molar-refractivity contribution in [3.63, 3.8) is 0 Å². The Bertz CT molecular complexity index is 834. The Morgan fingerprint density at radius 1 is 1.23 bits per heavy atom. The minimum Gasteiger partial charge on any atom is -0.508 e. The quantitative estimate of drug-likeness (QED) is 0.822. The number of hydrogen-bond donors (Lipinski definition) is 1. The van der Waals surface area contributed by atoms with Crippen LogP contribution in [-0.2, 0) is 4.79 Å². The summed E-state index contributed by atoms with van der Waals surface area (Å²) in [5, 5.41) is 9.99. The maximum atomic E-state index is 13.0. The minimum absolute atomic E-state index is 0.0782. The number of anilines is 1. The molecular formula is C21H25NO3S. The molecule has 4 nitrogen and oxygen atoms in total. The van der Waals surface area contributed by atoms with E-state index in [2.05, 4.69) is 0 Å². The molecule has 0 aromatic heterocycles. The van der Waals surface area contributed by atoms with Crippen LogP contribution >= 0.6 is 11.8 Å². The zero-order valence-electron chi connectivity index (χ0n) is 15.8. The number of hydrogen-bond acceptors (Lipinski definition) is 4. The molecular weight excluding hydrogens is 346 g/mol. The van der Waals surface area contributed by atoms with E-state index in [4.69, 9.17) is 4.74 Å². The average molecular weight is 372 g/mol. The van der Waals surface area contributed by atoms with Crippen LogP contribution in [-0.4, -0.2) is 23.4 Å². The normalized spacial score (nSPS) is 20.1. The molecule has 1 fully saturated rings. The van der Waals surface area contributed by atoms with Gasteiger partial charge < -0.3 is 9.84 Å². The fraction of sp³-hybridized carbons (Fsp3) is 0.381. The first-order valence-electron chi connectivity index (χ1n) is 8.80. The number of amides is 1. The number of phenolic OH excluding ortho intramolecular Hbond substituents is 1. The lowest BCUT2D eigenvalue weighted by Gasteiger charge is -2.28. The van der Waals surface area contributed by atoms with Crippen molar-refractivity contribution in [1.29, 1.82) is 0 Å². The fourth-order valence-corrected chi connectivity index (χ4v) is 4.67. The Morgan fingerprint density at radius 2 is 1.92 bits per heavy atom. The molecule has 1 heterocycles. The van der Waals surface area contributed by atoms with Gasteiger partial charge in [-0.2, -0.15) is 0 Å². The summed E-state index contributed by atoms with van der Waals surface area (Å²) in [6.07, 6.45) is 0. The van der Waals surface area contributed by atoms with Crippen LogP contribution in [0.2, 0.25) is 0 Å². The van der Waals surface area contributed by atoms with Gasteiger partial charge in [-0.1, -0.05) is 32.0 Å². The second kappa shape index (κ2) is 7.23. The number of methoxy groups -OCH3 is 1. The monoisotopic (exact) mass is 371 g/mol. The largest absolute Gasteiger partial charge is 0.508 e. The zero-order chi connectivity index (χ0) is 19.0. The number of aryl methyl sites for hydroxylation is 1. The summed E-state index contributed by atoms with van der Waals surface area (Å²) in [6, 6.07) is 11.5. The Morgan fingerprint density at radius 3 is 2.58 bits per heavy atom. The van der Waals surface area contributed by atoms with Crippen LogP contribution < -0.4 is 9.64 Å². The molecule has 1 N–H and O–H groups in total. The van der Waals surface area contributed by atoms with Crippen LogP contribution in [0.3, 0.4) is 0 Å². The Balaban J connectivity index is 2.15. The third-order valence-corrected chi connectivity index (χ3v) is 6.12. The summed E-state index contributed by atoms with van der Waals surface area (Å²) in [4.78, 5) is 14.9. The van der Waals surface area contributed by atoms with Crippen LogP contribution in [0.1, 0.15) is 48.8 Å². The van der Waals surface area contributed by atoms with Crippen LogP contribution in [0.5, 0.6) is 11.5 Å². The molecule has 0 radical (unpaired) electrons. The Hall–Kier alpha value is -2.14. The molecule has 0 aliphatic carbocycles. The molecule has 2 unspecified atom stereocenters. The van der Waals surface area contributed by atoms with E-state index in [-0.39, 0.29) is 28.2 Å². The molecule has 5 heteroatoms. The van der Waals surface area contributed by atoms with E-state index in [0.29, 0.717) is 0 Å². The zero-order valence-corrected chi connectivity index (χ0v) is 16.6. The lowest BCUT2D eigenvalue weighted by atomic mass is 9.98. The minimum atomic E-state index is -0.156. The molecule has 138 valence electrons. The van der Waals surface area contributed by atoms with Crippen molar-refractivity contribution in [2.75, 3.05) is 12.0 Å². The van der Waals surface area contributed by atoms with Gasteiger partial charge in [0.1, 0.15) is 16.9 Å². The van der Waals surface area contributed by atoms with Gasteiger partial charge in [-0.25, -0.2) is 0 Å². The molecule has 3 rings (SSSR count). The number of nitrogens with zero attached hydrogens (tertiary/aromatic N) is 1. The topological polar surface area (TPSA) is 49.8 Å². The molecule has 2 aromatic carbocycles. The first kappa shape index (κ1) is 18.6. The Labute approximate surface area is 159 Å². The molecule has 1 aliphatic heterocycles. The predicted molar refractivity (Wildman–Crippen MR) is 107 cm³/mol. The van der Waals surface area contributed by atoms with Crippen LogP contribution in [0.25, 0.3) is 0 Å². The molecule has 1 amide bonds. The predicted octanol–water partition coefficient (Wildman–Crippen LogP) is 5.00. The second-order valence-electron chi connectivity index (χ2n) is 6.93. The number of carbonyl (C=O) groups is 1. The van der Waals surface area contributed by atoms with Gasteiger partial charge in [0.15, 0.2) is 0 Å². The summed E-state index contributed by atoms with van der Waals surface area (Å²) in [7, 11) is 1.65. The van der Waals surface area contributed by atoms with E-state index < -0.39 is 0 Å².